The molecule has 6 heteroatoms. The van der Waals surface area contributed by atoms with Crippen molar-refractivity contribution in [3.05, 3.63) is 16.3 Å². The van der Waals surface area contributed by atoms with Crippen LogP contribution in [0.15, 0.2) is 16.3 Å². The molecule has 1 aliphatic carbocycles. The summed E-state index contributed by atoms with van der Waals surface area (Å²) < 4.78 is 26.8. The van der Waals surface area contributed by atoms with Gasteiger partial charge in [0.25, 0.3) is 0 Å². The van der Waals surface area contributed by atoms with Crippen LogP contribution in [0.3, 0.4) is 0 Å². The highest BCUT2D eigenvalue weighted by Crippen LogP contribution is 2.32. The van der Waals surface area contributed by atoms with Crippen LogP contribution in [0.1, 0.15) is 43.9 Å². The molecule has 114 valence electrons. The van der Waals surface area contributed by atoms with Gasteiger partial charge in [-0.05, 0) is 37.7 Å². The number of nitrogens with zero attached hydrogens (tertiary/aromatic N) is 1. The lowest BCUT2D eigenvalue weighted by Gasteiger charge is -2.33. The van der Waals surface area contributed by atoms with E-state index in [4.69, 9.17) is 5.73 Å². The van der Waals surface area contributed by atoms with Crippen molar-refractivity contribution in [2.45, 2.75) is 56.5 Å². The molecule has 0 spiro atoms. The number of nitrogens with two attached hydrogens (primary N) is 1. The normalized spacial score (nSPS) is 24.2. The maximum atomic E-state index is 12.6. The van der Waals surface area contributed by atoms with E-state index in [1.807, 2.05) is 0 Å². The fourth-order valence-electron chi connectivity index (χ4n) is 2.88. The molecule has 0 aliphatic heterocycles. The Kier molecular flexibility index (Phi) is 5.23. The molecule has 0 radical (unpaired) electrons. The Bertz CT molecular complexity index is 531. The quantitative estimate of drug-likeness (QED) is 0.908. The average molecular weight is 316 g/mol. The van der Waals surface area contributed by atoms with Gasteiger partial charge in [-0.25, -0.2) is 8.42 Å². The molecule has 0 unspecified atom stereocenters. The Morgan fingerprint density at radius 3 is 2.50 bits per heavy atom. The highest BCUT2D eigenvalue weighted by atomic mass is 32.2. The molecule has 0 amide bonds. The highest BCUT2D eigenvalue weighted by molar-refractivity contribution is 7.89. The van der Waals surface area contributed by atoms with Crippen LogP contribution >= 0.6 is 11.3 Å². The summed E-state index contributed by atoms with van der Waals surface area (Å²) in [7, 11) is -1.65. The molecule has 20 heavy (non-hydrogen) atoms. The first kappa shape index (κ1) is 15.9. The predicted molar refractivity (Wildman–Crippen MR) is 83.2 cm³/mol. The first-order valence-corrected chi connectivity index (χ1v) is 9.56. The van der Waals surface area contributed by atoms with Gasteiger partial charge in [-0.15, -0.1) is 11.3 Å². The van der Waals surface area contributed by atoms with Gasteiger partial charge in [-0.2, -0.15) is 4.31 Å². The van der Waals surface area contributed by atoms with Crippen molar-refractivity contribution in [2.75, 3.05) is 7.05 Å². The Labute approximate surface area is 126 Å². The molecule has 4 nitrogen and oxygen atoms in total. The van der Waals surface area contributed by atoms with Gasteiger partial charge in [0.2, 0.25) is 10.0 Å². The van der Waals surface area contributed by atoms with E-state index in [9.17, 15) is 8.42 Å². The van der Waals surface area contributed by atoms with E-state index >= 15 is 0 Å². The van der Waals surface area contributed by atoms with Gasteiger partial charge >= 0.3 is 0 Å². The molecule has 2 N–H and O–H groups in total. The van der Waals surface area contributed by atoms with Gasteiger partial charge in [0.05, 0.1) is 4.90 Å². The highest BCUT2D eigenvalue weighted by Gasteiger charge is 2.31. The topological polar surface area (TPSA) is 63.4 Å². The first-order chi connectivity index (χ1) is 9.48. The van der Waals surface area contributed by atoms with E-state index in [1.165, 1.54) is 17.8 Å². The first-order valence-electron chi connectivity index (χ1n) is 7.24. The van der Waals surface area contributed by atoms with Gasteiger partial charge < -0.3 is 5.73 Å². The fourth-order valence-corrected chi connectivity index (χ4v) is 5.44. The third kappa shape index (κ3) is 3.24. The average Bonchev–Trinajstić information content (AvgIpc) is 2.96. The maximum Gasteiger partial charge on any atom is 0.243 e. The van der Waals surface area contributed by atoms with Gasteiger partial charge in [-0.1, -0.05) is 13.3 Å². The van der Waals surface area contributed by atoms with Crippen LogP contribution in [0.2, 0.25) is 0 Å². The lowest BCUT2D eigenvalue weighted by Crippen LogP contribution is -2.39. The van der Waals surface area contributed by atoms with E-state index < -0.39 is 10.0 Å². The van der Waals surface area contributed by atoms with Crippen molar-refractivity contribution in [3.8, 4) is 0 Å². The van der Waals surface area contributed by atoms with Crippen LogP contribution in [0.25, 0.3) is 0 Å². The molecular weight excluding hydrogens is 292 g/mol. The smallest absolute Gasteiger partial charge is 0.243 e. The monoisotopic (exact) mass is 316 g/mol. The summed E-state index contributed by atoms with van der Waals surface area (Å²) >= 11 is 1.41. The molecule has 1 heterocycles. The molecule has 0 atom stereocenters. The van der Waals surface area contributed by atoms with Crippen molar-refractivity contribution >= 4 is 21.4 Å². The van der Waals surface area contributed by atoms with Crippen LogP contribution in [0.4, 0.5) is 0 Å². The number of rotatable bonds is 5. The third-order valence-electron chi connectivity index (χ3n) is 4.42. The van der Waals surface area contributed by atoms with Gasteiger partial charge in [0.15, 0.2) is 0 Å². The molecule has 0 saturated heterocycles. The lowest BCUT2D eigenvalue weighted by molar-refractivity contribution is 0.233. The summed E-state index contributed by atoms with van der Waals surface area (Å²) in [6.07, 6.45) is 5.43. The second kappa shape index (κ2) is 6.56. The molecule has 1 saturated carbocycles. The summed E-state index contributed by atoms with van der Waals surface area (Å²) in [5.74, 6) is 0.771. The van der Waals surface area contributed by atoms with Crippen LogP contribution in [-0.2, 0) is 16.6 Å². The van der Waals surface area contributed by atoms with Crippen LogP contribution in [0.5, 0.6) is 0 Å². The number of thiophene rings is 1. The molecule has 1 aromatic rings. The van der Waals surface area contributed by atoms with Crippen LogP contribution in [0, 0.1) is 5.92 Å². The molecule has 1 aliphatic rings. The van der Waals surface area contributed by atoms with E-state index in [2.05, 4.69) is 6.92 Å². The molecule has 0 aromatic carbocycles. The Morgan fingerprint density at radius 2 is 2.00 bits per heavy atom. The van der Waals surface area contributed by atoms with E-state index in [1.54, 1.807) is 22.8 Å². The summed E-state index contributed by atoms with van der Waals surface area (Å²) in [6, 6.07) is 1.85. The molecule has 1 aromatic heterocycles. The van der Waals surface area contributed by atoms with Gasteiger partial charge in [0, 0.05) is 29.9 Å². The number of hydrogen-bond acceptors (Lipinski definition) is 4. The predicted octanol–water partition coefficient (Wildman–Crippen LogP) is 2.80. The fraction of sp³-hybridized carbons (Fsp3) is 0.714. The van der Waals surface area contributed by atoms with Crippen LogP contribution in [-0.4, -0.2) is 25.8 Å². The second-order valence-electron chi connectivity index (χ2n) is 5.56. The van der Waals surface area contributed by atoms with Crippen molar-refractivity contribution < 1.29 is 8.42 Å². The minimum atomic E-state index is -3.36. The Morgan fingerprint density at radius 1 is 1.35 bits per heavy atom. The van der Waals surface area contributed by atoms with Crippen molar-refractivity contribution in [2.24, 2.45) is 11.7 Å². The van der Waals surface area contributed by atoms with Crippen molar-refractivity contribution in [3.63, 3.8) is 0 Å². The SMILES string of the molecule is CCC1CCC(N(C)S(=O)(=O)c2csc(CN)c2)CC1. The molecular formula is C14H24N2O2S2. The minimum absolute atomic E-state index is 0.143. The summed E-state index contributed by atoms with van der Waals surface area (Å²) in [5, 5.41) is 1.70. The largest absolute Gasteiger partial charge is 0.326 e. The van der Waals surface area contributed by atoms with E-state index in [-0.39, 0.29) is 6.04 Å². The van der Waals surface area contributed by atoms with E-state index in [0.717, 1.165) is 36.5 Å². The number of hydrogen-bond donors (Lipinski definition) is 1. The molecule has 0 bridgehead atoms. The van der Waals surface area contributed by atoms with Crippen LogP contribution < -0.4 is 5.73 Å². The number of sulfonamides is 1. The second-order valence-corrected chi connectivity index (χ2v) is 8.55. The zero-order valence-corrected chi connectivity index (χ0v) is 13.8. The Hall–Kier alpha value is -0.430. The third-order valence-corrected chi connectivity index (χ3v) is 7.41. The van der Waals surface area contributed by atoms with E-state index in [0.29, 0.717) is 11.4 Å². The maximum absolute atomic E-state index is 12.6. The summed E-state index contributed by atoms with van der Waals surface area (Å²) in [5.41, 5.74) is 5.56. The summed E-state index contributed by atoms with van der Waals surface area (Å²) in [6.45, 7) is 2.61. The standard InChI is InChI=1S/C14H24N2O2S2/c1-3-11-4-6-12(7-5-11)16(2)20(17,18)14-8-13(9-15)19-10-14/h8,10-12H,3-7,9,15H2,1-2H3. The van der Waals surface area contributed by atoms with Crippen molar-refractivity contribution in [1.29, 1.82) is 0 Å². The molecule has 1 fully saturated rings. The summed E-state index contributed by atoms with van der Waals surface area (Å²) in [4.78, 5) is 1.30. The van der Waals surface area contributed by atoms with Gasteiger partial charge in [0.1, 0.15) is 0 Å². The van der Waals surface area contributed by atoms with Gasteiger partial charge in [-0.3, -0.25) is 0 Å². The lowest BCUT2D eigenvalue weighted by atomic mass is 9.85. The minimum Gasteiger partial charge on any atom is -0.326 e. The zero-order valence-electron chi connectivity index (χ0n) is 12.2. The van der Waals surface area contributed by atoms with Crippen molar-refractivity contribution in [1.82, 2.24) is 4.31 Å². The zero-order chi connectivity index (χ0) is 14.8. The Balaban J connectivity index is 2.09. The molecule has 2 rings (SSSR count).